The lowest BCUT2D eigenvalue weighted by Gasteiger charge is -2.09. The molecule has 0 unspecified atom stereocenters. The van der Waals surface area contributed by atoms with Crippen LogP contribution in [0.3, 0.4) is 0 Å². The van der Waals surface area contributed by atoms with Crippen LogP contribution < -0.4 is 10.1 Å². The molecular formula is C10H13F3N2O. The number of rotatable bonds is 5. The van der Waals surface area contributed by atoms with Gasteiger partial charge in [-0.15, -0.1) is 0 Å². The first-order valence-electron chi connectivity index (χ1n) is 4.78. The minimum Gasteiger partial charge on any atom is -0.481 e. The van der Waals surface area contributed by atoms with Crippen LogP contribution in [0.2, 0.25) is 0 Å². The van der Waals surface area contributed by atoms with Gasteiger partial charge in [0.1, 0.15) is 0 Å². The van der Waals surface area contributed by atoms with Crippen molar-refractivity contribution < 1.29 is 17.9 Å². The fourth-order valence-corrected chi connectivity index (χ4v) is 1.20. The Balaban J connectivity index is 2.37. The number of hydrogen-bond donors (Lipinski definition) is 1. The summed E-state index contributed by atoms with van der Waals surface area (Å²) in [4.78, 5) is 3.94. The highest BCUT2D eigenvalue weighted by Gasteiger charge is 2.25. The largest absolute Gasteiger partial charge is 0.481 e. The highest BCUT2D eigenvalue weighted by Crippen LogP contribution is 2.18. The molecule has 0 spiro atoms. The quantitative estimate of drug-likeness (QED) is 0.792. The van der Waals surface area contributed by atoms with E-state index in [1.165, 1.54) is 7.11 Å². The molecule has 0 atom stereocenters. The molecule has 6 heteroatoms. The fraction of sp³-hybridized carbons (Fsp3) is 0.500. The summed E-state index contributed by atoms with van der Waals surface area (Å²) in [6, 6.07) is 3.47. The van der Waals surface area contributed by atoms with Crippen LogP contribution in [0.15, 0.2) is 18.3 Å². The molecule has 1 rings (SSSR count). The van der Waals surface area contributed by atoms with Crippen molar-refractivity contribution in [2.24, 2.45) is 0 Å². The number of pyridine rings is 1. The zero-order valence-electron chi connectivity index (χ0n) is 8.84. The third-order valence-corrected chi connectivity index (χ3v) is 1.94. The van der Waals surface area contributed by atoms with E-state index in [-0.39, 0.29) is 6.54 Å². The second kappa shape index (κ2) is 5.69. The summed E-state index contributed by atoms with van der Waals surface area (Å²) >= 11 is 0. The van der Waals surface area contributed by atoms with Gasteiger partial charge in [0.15, 0.2) is 0 Å². The number of nitrogens with one attached hydrogen (secondary N) is 1. The SMILES string of the molecule is COc1ncccc1CNCCC(F)(F)F. The summed E-state index contributed by atoms with van der Waals surface area (Å²) in [6.07, 6.45) is -3.39. The minimum atomic E-state index is -4.12. The predicted octanol–water partition coefficient (Wildman–Crippen LogP) is 2.13. The second-order valence-corrected chi connectivity index (χ2v) is 3.21. The van der Waals surface area contributed by atoms with E-state index < -0.39 is 12.6 Å². The first kappa shape index (κ1) is 12.8. The van der Waals surface area contributed by atoms with Crippen molar-refractivity contribution in [3.63, 3.8) is 0 Å². The Morgan fingerprint density at radius 1 is 1.44 bits per heavy atom. The van der Waals surface area contributed by atoms with Gasteiger partial charge in [-0.3, -0.25) is 0 Å². The molecule has 0 aromatic carbocycles. The highest BCUT2D eigenvalue weighted by atomic mass is 19.4. The lowest BCUT2D eigenvalue weighted by atomic mass is 10.2. The van der Waals surface area contributed by atoms with Crippen LogP contribution in [-0.2, 0) is 6.54 Å². The molecule has 0 bridgehead atoms. The van der Waals surface area contributed by atoms with Gasteiger partial charge in [0, 0.05) is 24.8 Å². The molecule has 16 heavy (non-hydrogen) atoms. The van der Waals surface area contributed by atoms with Crippen LogP contribution in [0.25, 0.3) is 0 Å². The van der Waals surface area contributed by atoms with Crippen molar-refractivity contribution in [1.82, 2.24) is 10.3 Å². The van der Waals surface area contributed by atoms with E-state index in [0.717, 1.165) is 5.56 Å². The molecule has 0 aliphatic heterocycles. The van der Waals surface area contributed by atoms with E-state index in [9.17, 15) is 13.2 Å². The summed E-state index contributed by atoms with van der Waals surface area (Å²) in [5, 5.41) is 2.69. The Labute approximate surface area is 91.6 Å². The first-order valence-corrected chi connectivity index (χ1v) is 4.78. The molecule has 1 N–H and O–H groups in total. The average molecular weight is 234 g/mol. The lowest BCUT2D eigenvalue weighted by molar-refractivity contribution is -0.133. The molecule has 1 aromatic heterocycles. The van der Waals surface area contributed by atoms with Gasteiger partial charge in [-0.05, 0) is 6.07 Å². The van der Waals surface area contributed by atoms with Gasteiger partial charge in [-0.2, -0.15) is 13.2 Å². The Morgan fingerprint density at radius 2 is 2.19 bits per heavy atom. The molecular weight excluding hydrogens is 221 g/mol. The molecule has 0 amide bonds. The third kappa shape index (κ3) is 4.48. The minimum absolute atomic E-state index is 0.110. The number of methoxy groups -OCH3 is 1. The zero-order chi connectivity index (χ0) is 12.0. The molecule has 1 heterocycles. The Morgan fingerprint density at radius 3 is 2.81 bits per heavy atom. The molecule has 1 aromatic rings. The van der Waals surface area contributed by atoms with Gasteiger partial charge in [0.25, 0.3) is 0 Å². The number of ether oxygens (including phenoxy) is 1. The van der Waals surface area contributed by atoms with Gasteiger partial charge >= 0.3 is 6.18 Å². The first-order chi connectivity index (χ1) is 7.53. The topological polar surface area (TPSA) is 34.1 Å². The van der Waals surface area contributed by atoms with Crippen molar-refractivity contribution in [3.8, 4) is 5.88 Å². The molecule has 90 valence electrons. The van der Waals surface area contributed by atoms with Crippen molar-refractivity contribution in [2.75, 3.05) is 13.7 Å². The lowest BCUT2D eigenvalue weighted by Crippen LogP contribution is -2.21. The van der Waals surface area contributed by atoms with Crippen molar-refractivity contribution in [3.05, 3.63) is 23.9 Å². The maximum atomic E-state index is 11.8. The highest BCUT2D eigenvalue weighted by molar-refractivity contribution is 5.24. The molecule has 0 aliphatic carbocycles. The van der Waals surface area contributed by atoms with Gasteiger partial charge in [-0.1, -0.05) is 6.07 Å². The van der Waals surface area contributed by atoms with Gasteiger partial charge < -0.3 is 10.1 Å². The smallest absolute Gasteiger partial charge is 0.390 e. The summed E-state index contributed by atoms with van der Waals surface area (Å²) in [5.41, 5.74) is 0.743. The molecule has 0 aliphatic rings. The summed E-state index contributed by atoms with van der Waals surface area (Å²) in [5.74, 6) is 0.432. The third-order valence-electron chi connectivity index (χ3n) is 1.94. The maximum absolute atomic E-state index is 11.8. The zero-order valence-corrected chi connectivity index (χ0v) is 8.84. The number of hydrogen-bond acceptors (Lipinski definition) is 3. The molecule has 3 nitrogen and oxygen atoms in total. The Kier molecular flexibility index (Phi) is 4.54. The van der Waals surface area contributed by atoms with Crippen LogP contribution in [0.4, 0.5) is 13.2 Å². The Hall–Kier alpha value is -1.30. The number of alkyl halides is 3. The normalized spacial score (nSPS) is 11.5. The van der Waals surface area contributed by atoms with Crippen molar-refractivity contribution >= 4 is 0 Å². The number of halogens is 3. The van der Waals surface area contributed by atoms with Crippen LogP contribution in [0.5, 0.6) is 5.88 Å². The van der Waals surface area contributed by atoms with Crippen LogP contribution in [0.1, 0.15) is 12.0 Å². The standard InChI is InChI=1S/C10H13F3N2O/c1-16-9-8(3-2-5-15-9)7-14-6-4-10(11,12)13/h2-3,5,14H,4,6-7H2,1H3. The van der Waals surface area contributed by atoms with Crippen molar-refractivity contribution in [1.29, 1.82) is 0 Å². The van der Waals surface area contributed by atoms with E-state index in [1.807, 2.05) is 0 Å². The summed E-state index contributed by atoms with van der Waals surface area (Å²) < 4.78 is 40.5. The molecule has 0 radical (unpaired) electrons. The van der Waals surface area contributed by atoms with Gasteiger partial charge in [-0.25, -0.2) is 4.98 Å². The van der Waals surface area contributed by atoms with Crippen molar-refractivity contribution in [2.45, 2.75) is 19.1 Å². The van der Waals surface area contributed by atoms with Gasteiger partial charge in [0.05, 0.1) is 13.5 Å². The van der Waals surface area contributed by atoms with Gasteiger partial charge in [0.2, 0.25) is 5.88 Å². The average Bonchev–Trinajstić information content (AvgIpc) is 2.23. The van der Waals surface area contributed by atoms with Crippen LogP contribution in [0, 0.1) is 0 Å². The van der Waals surface area contributed by atoms with E-state index in [4.69, 9.17) is 4.74 Å². The second-order valence-electron chi connectivity index (χ2n) is 3.21. The van der Waals surface area contributed by atoms with Crippen LogP contribution in [-0.4, -0.2) is 24.8 Å². The number of nitrogens with zero attached hydrogens (tertiary/aromatic N) is 1. The molecule has 0 saturated carbocycles. The number of aromatic nitrogens is 1. The van der Waals surface area contributed by atoms with E-state index in [1.54, 1.807) is 18.3 Å². The predicted molar refractivity (Wildman–Crippen MR) is 53.2 cm³/mol. The van der Waals surface area contributed by atoms with E-state index in [0.29, 0.717) is 12.4 Å². The van der Waals surface area contributed by atoms with Crippen LogP contribution >= 0.6 is 0 Å². The van der Waals surface area contributed by atoms with E-state index >= 15 is 0 Å². The maximum Gasteiger partial charge on any atom is 0.390 e. The molecule has 0 saturated heterocycles. The monoisotopic (exact) mass is 234 g/mol. The summed E-state index contributed by atoms with van der Waals surface area (Å²) in [6.45, 7) is 0.203. The summed E-state index contributed by atoms with van der Waals surface area (Å²) in [7, 11) is 1.47. The van der Waals surface area contributed by atoms with E-state index in [2.05, 4.69) is 10.3 Å². The Bertz CT molecular complexity index is 328. The fourth-order valence-electron chi connectivity index (χ4n) is 1.20. The molecule has 0 fully saturated rings.